The van der Waals surface area contributed by atoms with Crippen LogP contribution in [-0.2, 0) is 16.1 Å². The molecule has 1 atom stereocenters. The normalized spacial score (nSPS) is 14.5. The van der Waals surface area contributed by atoms with E-state index in [-0.39, 0.29) is 26.0 Å². The van der Waals surface area contributed by atoms with Gasteiger partial charge in [-0.15, -0.1) is 0 Å². The highest BCUT2D eigenvalue weighted by Crippen LogP contribution is 2.32. The molecular weight excluding hydrogens is 283 g/mol. The van der Waals surface area contributed by atoms with E-state index < -0.39 is 24.0 Å². The SMILES string of the molecule is CC(CN)(CCC(F)(F)F)CC(=O)OCc1ccccc1. The summed E-state index contributed by atoms with van der Waals surface area (Å²) in [6.07, 6.45) is -5.50. The molecule has 6 heteroatoms. The summed E-state index contributed by atoms with van der Waals surface area (Å²) in [6, 6.07) is 9.08. The molecule has 2 N–H and O–H groups in total. The molecule has 0 aromatic heterocycles. The summed E-state index contributed by atoms with van der Waals surface area (Å²) in [5.41, 5.74) is 5.45. The number of nitrogens with two attached hydrogens (primary N) is 1. The molecule has 0 fully saturated rings. The highest BCUT2D eigenvalue weighted by molar-refractivity contribution is 5.70. The number of rotatable bonds is 7. The predicted molar refractivity (Wildman–Crippen MR) is 73.3 cm³/mol. The maximum Gasteiger partial charge on any atom is 0.389 e. The number of hydrogen-bond acceptors (Lipinski definition) is 3. The molecule has 0 heterocycles. The summed E-state index contributed by atoms with van der Waals surface area (Å²) in [4.78, 5) is 11.8. The second-order valence-electron chi connectivity index (χ2n) is 5.45. The van der Waals surface area contributed by atoms with Gasteiger partial charge in [-0.3, -0.25) is 4.79 Å². The maximum atomic E-state index is 12.3. The molecule has 0 spiro atoms. The number of carbonyl (C=O) groups excluding carboxylic acids is 1. The Kier molecular flexibility index (Phi) is 6.20. The summed E-state index contributed by atoms with van der Waals surface area (Å²) < 4.78 is 41.9. The van der Waals surface area contributed by atoms with Crippen LogP contribution >= 0.6 is 0 Å². The fourth-order valence-corrected chi connectivity index (χ4v) is 1.84. The molecular formula is C15H20F3NO2. The highest BCUT2D eigenvalue weighted by Gasteiger charge is 2.34. The standard InChI is InChI=1S/C15H20F3NO2/c1-14(11-19,7-8-15(16,17)18)9-13(20)21-10-12-5-3-2-4-6-12/h2-6H,7-11,19H2,1H3. The van der Waals surface area contributed by atoms with Gasteiger partial charge in [-0.2, -0.15) is 13.2 Å². The van der Waals surface area contributed by atoms with Gasteiger partial charge in [-0.05, 0) is 23.9 Å². The summed E-state index contributed by atoms with van der Waals surface area (Å²) in [5.74, 6) is -0.533. The first kappa shape index (κ1) is 17.5. The van der Waals surface area contributed by atoms with Crippen molar-refractivity contribution in [1.29, 1.82) is 0 Å². The van der Waals surface area contributed by atoms with Gasteiger partial charge in [0.2, 0.25) is 0 Å². The number of halogens is 3. The van der Waals surface area contributed by atoms with Crippen LogP contribution in [-0.4, -0.2) is 18.7 Å². The molecule has 21 heavy (non-hydrogen) atoms. The van der Waals surface area contributed by atoms with Crippen LogP contribution in [0.2, 0.25) is 0 Å². The number of esters is 1. The van der Waals surface area contributed by atoms with Crippen molar-refractivity contribution in [3.63, 3.8) is 0 Å². The highest BCUT2D eigenvalue weighted by atomic mass is 19.4. The van der Waals surface area contributed by atoms with Crippen LogP contribution in [0.5, 0.6) is 0 Å². The maximum absolute atomic E-state index is 12.3. The predicted octanol–water partition coefficient (Wildman–Crippen LogP) is 3.43. The minimum Gasteiger partial charge on any atom is -0.461 e. The smallest absolute Gasteiger partial charge is 0.389 e. The monoisotopic (exact) mass is 303 g/mol. The summed E-state index contributed by atoms with van der Waals surface area (Å²) >= 11 is 0. The molecule has 1 aromatic carbocycles. The minimum absolute atomic E-state index is 0.00349. The van der Waals surface area contributed by atoms with E-state index in [1.54, 1.807) is 19.1 Å². The van der Waals surface area contributed by atoms with Gasteiger partial charge in [0.15, 0.2) is 0 Å². The third-order valence-electron chi connectivity index (χ3n) is 3.32. The Hall–Kier alpha value is -1.56. The molecule has 0 aliphatic rings. The van der Waals surface area contributed by atoms with Crippen LogP contribution in [0.15, 0.2) is 30.3 Å². The second-order valence-corrected chi connectivity index (χ2v) is 5.45. The Labute approximate surface area is 122 Å². The number of ether oxygens (including phenoxy) is 1. The fourth-order valence-electron chi connectivity index (χ4n) is 1.84. The Morgan fingerprint density at radius 2 is 1.81 bits per heavy atom. The first-order valence-electron chi connectivity index (χ1n) is 6.70. The van der Waals surface area contributed by atoms with E-state index in [2.05, 4.69) is 0 Å². The van der Waals surface area contributed by atoms with Crippen molar-refractivity contribution in [3.8, 4) is 0 Å². The first-order chi connectivity index (χ1) is 9.74. The molecule has 0 bridgehead atoms. The lowest BCUT2D eigenvalue weighted by atomic mass is 9.82. The number of carbonyl (C=O) groups is 1. The summed E-state index contributed by atoms with van der Waals surface area (Å²) in [7, 11) is 0. The van der Waals surface area contributed by atoms with E-state index in [0.29, 0.717) is 0 Å². The average Bonchev–Trinajstić information content (AvgIpc) is 2.43. The van der Waals surface area contributed by atoms with Gasteiger partial charge in [0.05, 0.1) is 6.42 Å². The lowest BCUT2D eigenvalue weighted by molar-refractivity contribution is -0.152. The molecule has 3 nitrogen and oxygen atoms in total. The summed E-state index contributed by atoms with van der Waals surface area (Å²) in [6.45, 7) is 1.69. The molecule has 0 aliphatic heterocycles. The van der Waals surface area contributed by atoms with E-state index in [9.17, 15) is 18.0 Å². The first-order valence-corrected chi connectivity index (χ1v) is 6.70. The van der Waals surface area contributed by atoms with Crippen molar-refractivity contribution in [2.75, 3.05) is 6.54 Å². The van der Waals surface area contributed by atoms with Crippen LogP contribution in [0.1, 0.15) is 31.7 Å². The molecule has 118 valence electrons. The molecule has 0 saturated carbocycles. The molecule has 0 amide bonds. The topological polar surface area (TPSA) is 52.3 Å². The molecule has 1 aromatic rings. The van der Waals surface area contributed by atoms with Crippen molar-refractivity contribution in [1.82, 2.24) is 0 Å². The Bertz CT molecular complexity index is 448. The Balaban J connectivity index is 2.46. The molecule has 0 saturated heterocycles. The van der Waals surface area contributed by atoms with Gasteiger partial charge in [-0.25, -0.2) is 0 Å². The van der Waals surface area contributed by atoms with Crippen LogP contribution in [0.25, 0.3) is 0 Å². The van der Waals surface area contributed by atoms with Crippen molar-refractivity contribution in [2.45, 2.75) is 39.0 Å². The van der Waals surface area contributed by atoms with E-state index in [1.165, 1.54) is 0 Å². The van der Waals surface area contributed by atoms with Crippen molar-refractivity contribution in [2.24, 2.45) is 11.1 Å². The van der Waals surface area contributed by atoms with Gasteiger partial charge in [0, 0.05) is 6.42 Å². The van der Waals surface area contributed by atoms with Crippen LogP contribution in [0, 0.1) is 5.41 Å². The number of alkyl halides is 3. The van der Waals surface area contributed by atoms with E-state index in [4.69, 9.17) is 10.5 Å². The van der Waals surface area contributed by atoms with Gasteiger partial charge in [-0.1, -0.05) is 37.3 Å². The van der Waals surface area contributed by atoms with Crippen LogP contribution in [0.4, 0.5) is 13.2 Å². The molecule has 1 rings (SSSR count). The zero-order valence-electron chi connectivity index (χ0n) is 12.0. The molecule has 0 aliphatic carbocycles. The summed E-state index contributed by atoms with van der Waals surface area (Å²) in [5, 5.41) is 0. The zero-order chi connectivity index (χ0) is 15.9. The van der Waals surface area contributed by atoms with Crippen molar-refractivity contribution < 1.29 is 22.7 Å². The van der Waals surface area contributed by atoms with E-state index in [0.717, 1.165) is 5.56 Å². The third-order valence-corrected chi connectivity index (χ3v) is 3.32. The third kappa shape index (κ3) is 7.13. The lowest BCUT2D eigenvalue weighted by Gasteiger charge is -2.27. The van der Waals surface area contributed by atoms with E-state index in [1.807, 2.05) is 18.2 Å². The lowest BCUT2D eigenvalue weighted by Crippen LogP contribution is -2.32. The average molecular weight is 303 g/mol. The number of benzene rings is 1. The number of hydrogen-bond donors (Lipinski definition) is 1. The van der Waals surface area contributed by atoms with Gasteiger partial charge in [0.25, 0.3) is 0 Å². The minimum atomic E-state index is -4.25. The van der Waals surface area contributed by atoms with Crippen molar-refractivity contribution in [3.05, 3.63) is 35.9 Å². The van der Waals surface area contributed by atoms with Gasteiger partial charge in [0.1, 0.15) is 6.61 Å². The fraction of sp³-hybridized carbons (Fsp3) is 0.533. The van der Waals surface area contributed by atoms with E-state index >= 15 is 0 Å². The quantitative estimate of drug-likeness (QED) is 0.785. The molecule has 1 unspecified atom stereocenters. The second kappa shape index (κ2) is 7.45. The van der Waals surface area contributed by atoms with Crippen molar-refractivity contribution >= 4 is 5.97 Å². The Morgan fingerprint density at radius 1 is 1.19 bits per heavy atom. The molecule has 0 radical (unpaired) electrons. The van der Waals surface area contributed by atoms with Gasteiger partial charge >= 0.3 is 12.1 Å². The Morgan fingerprint density at radius 3 is 2.33 bits per heavy atom. The van der Waals surface area contributed by atoms with Gasteiger partial charge < -0.3 is 10.5 Å². The van der Waals surface area contributed by atoms with Crippen LogP contribution < -0.4 is 5.73 Å². The van der Waals surface area contributed by atoms with Crippen LogP contribution in [0.3, 0.4) is 0 Å². The largest absolute Gasteiger partial charge is 0.461 e. The zero-order valence-corrected chi connectivity index (χ0v) is 12.0.